The zero-order valence-electron chi connectivity index (χ0n) is 11.9. The van der Waals surface area contributed by atoms with Gasteiger partial charge in [-0.2, -0.15) is 0 Å². The molecule has 0 aromatic carbocycles. The highest BCUT2D eigenvalue weighted by atomic mass is 16.2. The summed E-state index contributed by atoms with van der Waals surface area (Å²) >= 11 is 0. The lowest BCUT2D eigenvalue weighted by molar-refractivity contribution is 0.0630. The molecule has 3 rings (SSSR count). The van der Waals surface area contributed by atoms with Crippen molar-refractivity contribution in [1.29, 1.82) is 0 Å². The number of hydrogen-bond donors (Lipinski definition) is 1. The Hall–Kier alpha value is -1.62. The first-order valence-corrected chi connectivity index (χ1v) is 7.34. The van der Waals surface area contributed by atoms with E-state index in [1.165, 1.54) is 31.6 Å². The van der Waals surface area contributed by atoms with Crippen LogP contribution in [0.3, 0.4) is 0 Å². The van der Waals surface area contributed by atoms with Gasteiger partial charge in [0, 0.05) is 50.7 Å². The van der Waals surface area contributed by atoms with Crippen LogP contribution in [-0.4, -0.2) is 53.4 Å². The molecule has 2 heterocycles. The minimum atomic E-state index is -0.188. The highest BCUT2D eigenvalue weighted by Crippen LogP contribution is 2.29. The molecule has 0 unspecified atom stereocenters. The molecule has 5 heteroatoms. The summed E-state index contributed by atoms with van der Waals surface area (Å²) in [6, 6.07) is 1.48. The van der Waals surface area contributed by atoms with Crippen molar-refractivity contribution in [3.63, 3.8) is 0 Å². The number of pyridine rings is 1. The Morgan fingerprint density at radius 1 is 1.30 bits per heavy atom. The number of rotatable bonds is 3. The monoisotopic (exact) mass is 275 g/mol. The number of carbonyl (C=O) groups is 1. The predicted octanol–water partition coefficient (Wildman–Crippen LogP) is 0.851. The molecule has 2 aliphatic rings. The SMILES string of the molecule is Cc1cc(=O)c(C(=O)N2CCN(CC3CC3)CC2)c[nH]1. The van der Waals surface area contributed by atoms with Crippen molar-refractivity contribution in [2.24, 2.45) is 5.92 Å². The second kappa shape index (κ2) is 5.40. The van der Waals surface area contributed by atoms with Gasteiger partial charge in [0.15, 0.2) is 5.43 Å². The van der Waals surface area contributed by atoms with Crippen molar-refractivity contribution in [2.45, 2.75) is 19.8 Å². The van der Waals surface area contributed by atoms with Crippen LogP contribution in [0.25, 0.3) is 0 Å². The quantitative estimate of drug-likeness (QED) is 0.890. The minimum Gasteiger partial charge on any atom is -0.364 e. The lowest BCUT2D eigenvalue weighted by atomic mass is 10.2. The largest absolute Gasteiger partial charge is 0.364 e. The molecule has 5 nitrogen and oxygen atoms in total. The number of nitrogens with zero attached hydrogens (tertiary/aromatic N) is 2. The smallest absolute Gasteiger partial charge is 0.259 e. The number of aromatic amines is 1. The van der Waals surface area contributed by atoms with Crippen LogP contribution in [0.2, 0.25) is 0 Å². The highest BCUT2D eigenvalue weighted by molar-refractivity contribution is 5.93. The number of aromatic nitrogens is 1. The second-order valence-corrected chi connectivity index (χ2v) is 5.93. The summed E-state index contributed by atoms with van der Waals surface area (Å²) in [6.45, 7) is 6.27. The van der Waals surface area contributed by atoms with Crippen LogP contribution >= 0.6 is 0 Å². The summed E-state index contributed by atoms with van der Waals surface area (Å²) in [5.74, 6) is 0.745. The first kappa shape index (κ1) is 13.4. The van der Waals surface area contributed by atoms with E-state index in [1.807, 2.05) is 6.92 Å². The molecular weight excluding hydrogens is 254 g/mol. The fraction of sp³-hybridized carbons (Fsp3) is 0.600. The normalized spacial score (nSPS) is 20.1. The van der Waals surface area contributed by atoms with E-state index in [4.69, 9.17) is 0 Å². The number of amides is 1. The number of nitrogens with one attached hydrogen (secondary N) is 1. The van der Waals surface area contributed by atoms with Gasteiger partial charge in [-0.15, -0.1) is 0 Å². The maximum Gasteiger partial charge on any atom is 0.259 e. The first-order chi connectivity index (χ1) is 9.63. The van der Waals surface area contributed by atoms with Crippen LogP contribution < -0.4 is 5.43 Å². The molecule has 1 N–H and O–H groups in total. The Bertz CT molecular complexity index is 554. The summed E-state index contributed by atoms with van der Waals surface area (Å²) in [5, 5.41) is 0. The van der Waals surface area contributed by atoms with E-state index in [-0.39, 0.29) is 16.9 Å². The van der Waals surface area contributed by atoms with Crippen molar-refractivity contribution in [1.82, 2.24) is 14.8 Å². The molecule has 2 fully saturated rings. The number of piperazine rings is 1. The summed E-state index contributed by atoms with van der Waals surface area (Å²) in [6.07, 6.45) is 4.26. The molecule has 0 bridgehead atoms. The fourth-order valence-electron chi connectivity index (χ4n) is 2.71. The van der Waals surface area contributed by atoms with E-state index in [2.05, 4.69) is 9.88 Å². The zero-order chi connectivity index (χ0) is 14.1. The minimum absolute atomic E-state index is 0.141. The molecule has 1 amide bonds. The van der Waals surface area contributed by atoms with Crippen molar-refractivity contribution < 1.29 is 4.79 Å². The van der Waals surface area contributed by atoms with Crippen LogP contribution in [0.5, 0.6) is 0 Å². The molecular formula is C15H21N3O2. The molecule has 108 valence electrons. The number of carbonyl (C=O) groups excluding carboxylic acids is 1. The number of hydrogen-bond acceptors (Lipinski definition) is 3. The fourth-order valence-corrected chi connectivity index (χ4v) is 2.71. The van der Waals surface area contributed by atoms with E-state index in [9.17, 15) is 9.59 Å². The highest BCUT2D eigenvalue weighted by Gasteiger charge is 2.28. The summed E-state index contributed by atoms with van der Waals surface area (Å²) in [5.41, 5.74) is 0.846. The van der Waals surface area contributed by atoms with Gasteiger partial charge in [0.2, 0.25) is 0 Å². The van der Waals surface area contributed by atoms with Crippen LogP contribution in [0.15, 0.2) is 17.1 Å². The number of H-pyrrole nitrogens is 1. The topological polar surface area (TPSA) is 56.4 Å². The average molecular weight is 275 g/mol. The summed E-state index contributed by atoms with van der Waals surface area (Å²) < 4.78 is 0. The third kappa shape index (κ3) is 2.93. The molecule has 1 aromatic rings. The Balaban J connectivity index is 1.62. The van der Waals surface area contributed by atoms with Gasteiger partial charge in [0.25, 0.3) is 5.91 Å². The van der Waals surface area contributed by atoms with E-state index in [0.717, 1.165) is 37.8 Å². The van der Waals surface area contributed by atoms with Gasteiger partial charge in [-0.25, -0.2) is 0 Å². The Labute approximate surface area is 118 Å². The lowest BCUT2D eigenvalue weighted by Crippen LogP contribution is -2.49. The van der Waals surface area contributed by atoms with Crippen molar-refractivity contribution >= 4 is 5.91 Å². The van der Waals surface area contributed by atoms with Gasteiger partial charge in [0.05, 0.1) is 0 Å². The maximum absolute atomic E-state index is 12.4. The maximum atomic E-state index is 12.4. The summed E-state index contributed by atoms with van der Waals surface area (Å²) in [7, 11) is 0. The van der Waals surface area contributed by atoms with Crippen molar-refractivity contribution in [3.8, 4) is 0 Å². The average Bonchev–Trinajstić information content (AvgIpc) is 3.23. The molecule has 20 heavy (non-hydrogen) atoms. The van der Waals surface area contributed by atoms with E-state index >= 15 is 0 Å². The third-order valence-electron chi connectivity index (χ3n) is 4.16. The molecule has 1 aromatic heterocycles. The van der Waals surface area contributed by atoms with Gasteiger partial charge < -0.3 is 9.88 Å². The van der Waals surface area contributed by atoms with Crippen molar-refractivity contribution in [3.05, 3.63) is 33.7 Å². The standard InChI is InChI=1S/C15H21N3O2/c1-11-8-14(19)13(9-16-11)15(20)18-6-4-17(5-7-18)10-12-2-3-12/h8-9,12H,2-7,10H2,1H3,(H,16,19). The lowest BCUT2D eigenvalue weighted by Gasteiger charge is -2.34. The second-order valence-electron chi connectivity index (χ2n) is 5.93. The number of aryl methyl sites for hydroxylation is 1. The Morgan fingerprint density at radius 3 is 2.60 bits per heavy atom. The predicted molar refractivity (Wildman–Crippen MR) is 76.9 cm³/mol. The zero-order valence-corrected chi connectivity index (χ0v) is 11.9. The van der Waals surface area contributed by atoms with Gasteiger partial charge in [-0.05, 0) is 25.7 Å². The van der Waals surface area contributed by atoms with E-state index in [1.54, 1.807) is 4.90 Å². The summed E-state index contributed by atoms with van der Waals surface area (Å²) in [4.78, 5) is 31.4. The van der Waals surface area contributed by atoms with Gasteiger partial charge in [-0.1, -0.05) is 0 Å². The van der Waals surface area contributed by atoms with Gasteiger partial charge in [-0.3, -0.25) is 14.5 Å². The molecule has 0 spiro atoms. The van der Waals surface area contributed by atoms with Crippen molar-refractivity contribution in [2.75, 3.05) is 32.7 Å². The van der Waals surface area contributed by atoms with Gasteiger partial charge in [0.1, 0.15) is 5.56 Å². The van der Waals surface area contributed by atoms with Crippen LogP contribution in [0.4, 0.5) is 0 Å². The van der Waals surface area contributed by atoms with E-state index < -0.39 is 0 Å². The van der Waals surface area contributed by atoms with Crippen LogP contribution in [0.1, 0.15) is 28.9 Å². The molecule has 0 radical (unpaired) electrons. The molecule has 1 saturated heterocycles. The van der Waals surface area contributed by atoms with Gasteiger partial charge >= 0.3 is 0 Å². The first-order valence-electron chi connectivity index (χ1n) is 7.34. The van der Waals surface area contributed by atoms with Crippen LogP contribution in [-0.2, 0) is 0 Å². The third-order valence-corrected chi connectivity index (χ3v) is 4.16. The molecule has 0 atom stereocenters. The molecule has 1 aliphatic carbocycles. The molecule has 1 aliphatic heterocycles. The van der Waals surface area contributed by atoms with Crippen LogP contribution in [0, 0.1) is 12.8 Å². The van der Waals surface area contributed by atoms with E-state index in [0.29, 0.717) is 0 Å². The Kier molecular flexibility index (Phi) is 3.61. The Morgan fingerprint density at radius 2 is 2.00 bits per heavy atom. The molecule has 1 saturated carbocycles.